The van der Waals surface area contributed by atoms with Crippen LogP contribution in [-0.4, -0.2) is 35.0 Å². The molecule has 1 aromatic rings. The zero-order chi connectivity index (χ0) is 15.3. The molecule has 5 heteroatoms. The number of carbonyl (C=O) groups excluding carboxylic acids is 1. The average molecular weight is 389 g/mol. The molecule has 0 radical (unpaired) electrons. The summed E-state index contributed by atoms with van der Waals surface area (Å²) in [7, 11) is 0. The van der Waals surface area contributed by atoms with Crippen LogP contribution in [0.4, 0.5) is 0 Å². The van der Waals surface area contributed by atoms with Gasteiger partial charge >= 0.3 is 5.97 Å². The molecule has 0 aliphatic heterocycles. The number of aryl methyl sites for hydroxylation is 1. The Kier molecular flexibility index (Phi) is 6.45. The number of carbonyl (C=O) groups is 2. The molecule has 110 valence electrons. The van der Waals surface area contributed by atoms with Crippen LogP contribution in [0, 0.1) is 16.4 Å². The zero-order valence-electron chi connectivity index (χ0n) is 12.0. The Labute approximate surface area is 133 Å². The summed E-state index contributed by atoms with van der Waals surface area (Å²) >= 11 is 2.14. The number of nitrogens with zero attached hydrogens (tertiary/aromatic N) is 1. The highest BCUT2D eigenvalue weighted by Crippen LogP contribution is 2.17. The molecular formula is C15H20INO3. The van der Waals surface area contributed by atoms with Crippen molar-refractivity contribution in [2.24, 2.45) is 5.92 Å². The van der Waals surface area contributed by atoms with Gasteiger partial charge in [0.25, 0.3) is 5.91 Å². The molecule has 1 amide bonds. The van der Waals surface area contributed by atoms with Crippen LogP contribution in [0.15, 0.2) is 18.2 Å². The smallest absolute Gasteiger partial charge is 0.305 e. The third-order valence-corrected chi connectivity index (χ3v) is 3.76. The molecule has 1 N–H and O–H groups in total. The van der Waals surface area contributed by atoms with Crippen LogP contribution in [0.2, 0.25) is 0 Å². The second kappa shape index (κ2) is 7.61. The van der Waals surface area contributed by atoms with Crippen molar-refractivity contribution in [1.29, 1.82) is 0 Å². The molecule has 0 spiro atoms. The molecule has 0 unspecified atom stereocenters. The van der Waals surface area contributed by atoms with E-state index in [-0.39, 0.29) is 18.9 Å². The lowest BCUT2D eigenvalue weighted by molar-refractivity contribution is -0.137. The third kappa shape index (κ3) is 5.11. The maximum absolute atomic E-state index is 12.6. The van der Waals surface area contributed by atoms with E-state index in [0.717, 1.165) is 9.13 Å². The summed E-state index contributed by atoms with van der Waals surface area (Å²) in [6, 6.07) is 5.73. The van der Waals surface area contributed by atoms with Gasteiger partial charge in [0.2, 0.25) is 0 Å². The maximum atomic E-state index is 12.6. The lowest BCUT2D eigenvalue weighted by atomic mass is 10.1. The molecule has 4 nitrogen and oxygen atoms in total. The second-order valence-corrected chi connectivity index (χ2v) is 6.43. The summed E-state index contributed by atoms with van der Waals surface area (Å²) in [6.45, 7) is 6.79. The predicted molar refractivity (Wildman–Crippen MR) is 86.9 cm³/mol. The lowest BCUT2D eigenvalue weighted by Gasteiger charge is -2.24. The van der Waals surface area contributed by atoms with Crippen LogP contribution >= 0.6 is 22.6 Å². The number of hydrogen-bond donors (Lipinski definition) is 1. The molecule has 0 atom stereocenters. The van der Waals surface area contributed by atoms with Gasteiger partial charge in [-0.15, -0.1) is 0 Å². The van der Waals surface area contributed by atoms with Gasteiger partial charge in [-0.1, -0.05) is 25.5 Å². The number of aliphatic carboxylic acids is 1. The van der Waals surface area contributed by atoms with Gasteiger partial charge in [0.15, 0.2) is 0 Å². The molecule has 0 heterocycles. The topological polar surface area (TPSA) is 57.6 Å². The normalized spacial score (nSPS) is 10.7. The zero-order valence-corrected chi connectivity index (χ0v) is 14.2. The van der Waals surface area contributed by atoms with E-state index >= 15 is 0 Å². The number of rotatable bonds is 6. The van der Waals surface area contributed by atoms with Crippen molar-refractivity contribution >= 4 is 34.5 Å². The minimum atomic E-state index is -0.884. The minimum absolute atomic E-state index is 0.0269. The summed E-state index contributed by atoms with van der Waals surface area (Å²) in [5.74, 6) is -0.672. The molecule has 0 saturated carbocycles. The standard InChI is InChI=1S/C15H20INO3/c1-10(2)9-17(7-6-14(18)19)15(20)12-8-11(3)4-5-13(12)16/h4-5,8,10H,6-7,9H2,1-3H3,(H,18,19). The second-order valence-electron chi connectivity index (χ2n) is 5.27. The van der Waals surface area contributed by atoms with Crippen molar-refractivity contribution in [2.45, 2.75) is 27.2 Å². The lowest BCUT2D eigenvalue weighted by Crippen LogP contribution is -2.36. The minimum Gasteiger partial charge on any atom is -0.481 e. The Morgan fingerprint density at radius 2 is 2.00 bits per heavy atom. The van der Waals surface area contributed by atoms with E-state index in [2.05, 4.69) is 22.6 Å². The van der Waals surface area contributed by atoms with E-state index in [1.54, 1.807) is 4.90 Å². The van der Waals surface area contributed by atoms with Gasteiger partial charge < -0.3 is 10.0 Å². The van der Waals surface area contributed by atoms with E-state index in [9.17, 15) is 9.59 Å². The highest BCUT2D eigenvalue weighted by Gasteiger charge is 2.20. The van der Waals surface area contributed by atoms with Crippen LogP contribution in [0.3, 0.4) is 0 Å². The monoisotopic (exact) mass is 389 g/mol. The van der Waals surface area contributed by atoms with Gasteiger partial charge in [0, 0.05) is 16.7 Å². The number of amides is 1. The largest absolute Gasteiger partial charge is 0.481 e. The summed E-state index contributed by atoms with van der Waals surface area (Å²) in [5.41, 5.74) is 1.67. The number of hydrogen-bond acceptors (Lipinski definition) is 2. The van der Waals surface area contributed by atoms with Crippen molar-refractivity contribution in [3.8, 4) is 0 Å². The fourth-order valence-electron chi connectivity index (χ4n) is 1.92. The number of halogens is 1. The first-order valence-corrected chi connectivity index (χ1v) is 7.66. The van der Waals surface area contributed by atoms with Gasteiger partial charge in [-0.2, -0.15) is 0 Å². The molecule has 0 fully saturated rings. The fraction of sp³-hybridized carbons (Fsp3) is 0.467. The van der Waals surface area contributed by atoms with Crippen LogP contribution in [0.1, 0.15) is 36.2 Å². The summed E-state index contributed by atoms with van der Waals surface area (Å²) in [6.07, 6.45) is -0.0269. The average Bonchev–Trinajstić information content (AvgIpc) is 2.36. The molecule has 0 bridgehead atoms. The van der Waals surface area contributed by atoms with Crippen LogP contribution < -0.4 is 0 Å². The number of carboxylic acid groups (broad SMARTS) is 1. The molecule has 0 aliphatic carbocycles. The van der Waals surface area contributed by atoms with Crippen molar-refractivity contribution in [2.75, 3.05) is 13.1 Å². The first kappa shape index (κ1) is 16.9. The molecule has 0 aliphatic rings. The number of benzene rings is 1. The van der Waals surface area contributed by atoms with E-state index in [0.29, 0.717) is 18.0 Å². The van der Waals surface area contributed by atoms with E-state index < -0.39 is 5.97 Å². The fourth-order valence-corrected chi connectivity index (χ4v) is 2.49. The van der Waals surface area contributed by atoms with Crippen LogP contribution in [0.5, 0.6) is 0 Å². The summed E-state index contributed by atoms with van der Waals surface area (Å²) in [5, 5.41) is 8.81. The van der Waals surface area contributed by atoms with Gasteiger partial charge in [-0.3, -0.25) is 9.59 Å². The molecule has 0 saturated heterocycles. The number of carboxylic acids is 1. The van der Waals surface area contributed by atoms with Crippen molar-refractivity contribution < 1.29 is 14.7 Å². The third-order valence-electron chi connectivity index (χ3n) is 2.82. The molecule has 20 heavy (non-hydrogen) atoms. The van der Waals surface area contributed by atoms with E-state index in [1.165, 1.54) is 0 Å². The Morgan fingerprint density at radius 3 is 2.55 bits per heavy atom. The van der Waals surface area contributed by atoms with Crippen LogP contribution in [-0.2, 0) is 4.79 Å². The maximum Gasteiger partial charge on any atom is 0.305 e. The first-order valence-electron chi connectivity index (χ1n) is 6.58. The van der Waals surface area contributed by atoms with Crippen LogP contribution in [0.25, 0.3) is 0 Å². The quantitative estimate of drug-likeness (QED) is 0.761. The van der Waals surface area contributed by atoms with E-state index in [1.807, 2.05) is 39.0 Å². The highest BCUT2D eigenvalue weighted by atomic mass is 127. The molecule has 0 aromatic heterocycles. The van der Waals surface area contributed by atoms with Gasteiger partial charge in [0.1, 0.15) is 0 Å². The van der Waals surface area contributed by atoms with Crippen molar-refractivity contribution in [1.82, 2.24) is 4.90 Å². The first-order chi connectivity index (χ1) is 9.31. The van der Waals surface area contributed by atoms with Gasteiger partial charge in [0.05, 0.1) is 12.0 Å². The van der Waals surface area contributed by atoms with Crippen molar-refractivity contribution in [3.05, 3.63) is 32.9 Å². The Morgan fingerprint density at radius 1 is 1.35 bits per heavy atom. The van der Waals surface area contributed by atoms with Crippen molar-refractivity contribution in [3.63, 3.8) is 0 Å². The summed E-state index contributed by atoms with van der Waals surface area (Å²) < 4.78 is 0.891. The molecule has 1 aromatic carbocycles. The Balaban J connectivity index is 2.96. The van der Waals surface area contributed by atoms with Gasteiger partial charge in [-0.05, 0) is 47.6 Å². The highest BCUT2D eigenvalue weighted by molar-refractivity contribution is 14.1. The molecular weight excluding hydrogens is 369 g/mol. The summed E-state index contributed by atoms with van der Waals surface area (Å²) in [4.78, 5) is 25.0. The molecule has 1 rings (SSSR count). The van der Waals surface area contributed by atoms with E-state index in [4.69, 9.17) is 5.11 Å². The Hall–Kier alpha value is -1.11. The predicted octanol–water partition coefficient (Wildman–Crippen LogP) is 3.17. The Bertz CT molecular complexity index is 500. The SMILES string of the molecule is Cc1ccc(I)c(C(=O)N(CCC(=O)O)CC(C)C)c1. The van der Waals surface area contributed by atoms with Gasteiger partial charge in [-0.25, -0.2) is 0 Å².